The maximum absolute atomic E-state index is 14.0. The first-order valence-corrected chi connectivity index (χ1v) is 8.12. The van der Waals surface area contributed by atoms with Crippen LogP contribution in [0.15, 0.2) is 24.3 Å². The monoisotopic (exact) mass is 292 g/mol. The molecular formula is C17H25FN2O. The summed E-state index contributed by atoms with van der Waals surface area (Å²) in [6, 6.07) is 7.20. The van der Waals surface area contributed by atoms with Crippen LogP contribution in [-0.4, -0.2) is 43.3 Å². The topological polar surface area (TPSA) is 24.5 Å². The minimum absolute atomic E-state index is 0.0942. The predicted molar refractivity (Wildman–Crippen MR) is 81.8 cm³/mol. The molecule has 2 aliphatic rings. The molecule has 2 fully saturated rings. The molecular weight excluding hydrogens is 267 g/mol. The number of halogens is 1. The third kappa shape index (κ3) is 3.62. The summed E-state index contributed by atoms with van der Waals surface area (Å²) in [5.41, 5.74) is 0.788. The fourth-order valence-electron chi connectivity index (χ4n) is 3.57. The Morgan fingerprint density at radius 2 is 2.00 bits per heavy atom. The molecule has 0 aromatic heterocycles. The van der Waals surface area contributed by atoms with Gasteiger partial charge in [-0.3, -0.25) is 4.90 Å². The van der Waals surface area contributed by atoms with E-state index in [-0.39, 0.29) is 11.9 Å². The zero-order valence-electron chi connectivity index (χ0n) is 12.7. The van der Waals surface area contributed by atoms with Crippen molar-refractivity contribution in [3.05, 3.63) is 35.6 Å². The van der Waals surface area contributed by atoms with E-state index >= 15 is 0 Å². The van der Waals surface area contributed by atoms with Crippen LogP contribution in [-0.2, 0) is 4.74 Å². The van der Waals surface area contributed by atoms with Crippen LogP contribution >= 0.6 is 0 Å². The molecule has 2 bridgehead atoms. The molecule has 1 aromatic rings. The van der Waals surface area contributed by atoms with E-state index in [1.807, 2.05) is 12.1 Å². The zero-order valence-corrected chi connectivity index (χ0v) is 12.7. The fourth-order valence-corrected chi connectivity index (χ4v) is 3.57. The summed E-state index contributed by atoms with van der Waals surface area (Å²) in [6.07, 6.45) is 4.19. The molecule has 3 nitrogen and oxygen atoms in total. The summed E-state index contributed by atoms with van der Waals surface area (Å²) < 4.78 is 19.9. The standard InChI is InChI=1S/C17H25FN2O/c1-2-19-17(15-5-3-4-6-16(15)18)9-10-20-11-13-7-8-14(12-20)21-13/h3-6,13-14,17,19H,2,7-12H2,1H3. The number of benzene rings is 1. The Morgan fingerprint density at radius 3 is 2.67 bits per heavy atom. The van der Waals surface area contributed by atoms with Gasteiger partial charge in [-0.1, -0.05) is 25.1 Å². The number of ether oxygens (including phenoxy) is 1. The van der Waals surface area contributed by atoms with Gasteiger partial charge in [0, 0.05) is 31.2 Å². The molecule has 116 valence electrons. The number of morpholine rings is 1. The minimum Gasteiger partial charge on any atom is -0.372 e. The zero-order chi connectivity index (χ0) is 14.7. The number of nitrogens with one attached hydrogen (secondary N) is 1. The number of nitrogens with zero attached hydrogens (tertiary/aromatic N) is 1. The second-order valence-corrected chi connectivity index (χ2v) is 6.14. The second kappa shape index (κ2) is 6.86. The molecule has 2 heterocycles. The maximum Gasteiger partial charge on any atom is 0.127 e. The van der Waals surface area contributed by atoms with E-state index < -0.39 is 0 Å². The minimum atomic E-state index is -0.106. The molecule has 0 radical (unpaired) electrons. The highest BCUT2D eigenvalue weighted by molar-refractivity contribution is 5.21. The van der Waals surface area contributed by atoms with Crippen LogP contribution in [0.1, 0.15) is 37.8 Å². The first-order valence-electron chi connectivity index (χ1n) is 8.12. The molecule has 1 N–H and O–H groups in total. The van der Waals surface area contributed by atoms with Crippen molar-refractivity contribution in [2.24, 2.45) is 0 Å². The van der Waals surface area contributed by atoms with Crippen LogP contribution in [0.5, 0.6) is 0 Å². The lowest BCUT2D eigenvalue weighted by atomic mass is 10.0. The largest absolute Gasteiger partial charge is 0.372 e. The smallest absolute Gasteiger partial charge is 0.127 e. The molecule has 21 heavy (non-hydrogen) atoms. The van der Waals surface area contributed by atoms with Crippen LogP contribution in [0.3, 0.4) is 0 Å². The lowest BCUT2D eigenvalue weighted by Gasteiger charge is -2.33. The summed E-state index contributed by atoms with van der Waals surface area (Å²) in [5.74, 6) is -0.106. The highest BCUT2D eigenvalue weighted by Gasteiger charge is 2.33. The van der Waals surface area contributed by atoms with Crippen molar-refractivity contribution < 1.29 is 9.13 Å². The van der Waals surface area contributed by atoms with Gasteiger partial charge in [0.2, 0.25) is 0 Å². The van der Waals surface area contributed by atoms with E-state index in [1.165, 1.54) is 12.8 Å². The van der Waals surface area contributed by atoms with Crippen LogP contribution in [0, 0.1) is 5.82 Å². The number of hydrogen-bond donors (Lipinski definition) is 1. The van der Waals surface area contributed by atoms with E-state index in [9.17, 15) is 4.39 Å². The van der Waals surface area contributed by atoms with Crippen molar-refractivity contribution in [2.45, 2.75) is 44.4 Å². The number of fused-ring (bicyclic) bond motifs is 2. The third-order valence-corrected chi connectivity index (χ3v) is 4.58. The quantitative estimate of drug-likeness (QED) is 0.872. The lowest BCUT2D eigenvalue weighted by Crippen LogP contribution is -2.43. The van der Waals surface area contributed by atoms with Gasteiger partial charge in [-0.15, -0.1) is 0 Å². The van der Waals surface area contributed by atoms with Gasteiger partial charge in [0.25, 0.3) is 0 Å². The van der Waals surface area contributed by atoms with Crippen molar-refractivity contribution in [1.29, 1.82) is 0 Å². The summed E-state index contributed by atoms with van der Waals surface area (Å²) in [7, 11) is 0. The Bertz CT molecular complexity index is 456. The summed E-state index contributed by atoms with van der Waals surface area (Å²) >= 11 is 0. The predicted octanol–water partition coefficient (Wildman–Crippen LogP) is 2.73. The number of likely N-dealkylation sites (tertiary alicyclic amines) is 1. The van der Waals surface area contributed by atoms with Gasteiger partial charge < -0.3 is 10.1 Å². The van der Waals surface area contributed by atoms with Gasteiger partial charge in [0.05, 0.1) is 12.2 Å². The van der Waals surface area contributed by atoms with Gasteiger partial charge in [0.15, 0.2) is 0 Å². The second-order valence-electron chi connectivity index (χ2n) is 6.14. The molecule has 0 saturated carbocycles. The van der Waals surface area contributed by atoms with E-state index in [1.54, 1.807) is 12.1 Å². The van der Waals surface area contributed by atoms with Crippen molar-refractivity contribution >= 4 is 0 Å². The molecule has 3 unspecified atom stereocenters. The van der Waals surface area contributed by atoms with Crippen molar-refractivity contribution in [1.82, 2.24) is 10.2 Å². The SMILES string of the molecule is CCNC(CCN1CC2CCC(C1)O2)c1ccccc1F. The normalized spacial score (nSPS) is 27.0. The van der Waals surface area contributed by atoms with E-state index in [0.29, 0.717) is 12.2 Å². The molecule has 0 aliphatic carbocycles. The van der Waals surface area contributed by atoms with Gasteiger partial charge in [-0.05, 0) is 31.9 Å². The molecule has 0 spiro atoms. The molecule has 3 atom stereocenters. The average molecular weight is 292 g/mol. The number of rotatable bonds is 6. The molecule has 2 aliphatic heterocycles. The average Bonchev–Trinajstić information content (AvgIpc) is 2.83. The Hall–Kier alpha value is -0.970. The molecule has 1 aromatic carbocycles. The molecule has 4 heteroatoms. The summed E-state index contributed by atoms with van der Waals surface area (Å²) in [4.78, 5) is 2.48. The van der Waals surface area contributed by atoms with Gasteiger partial charge in [-0.25, -0.2) is 4.39 Å². The van der Waals surface area contributed by atoms with Crippen molar-refractivity contribution in [2.75, 3.05) is 26.2 Å². The third-order valence-electron chi connectivity index (χ3n) is 4.58. The van der Waals surface area contributed by atoms with Gasteiger partial charge in [0.1, 0.15) is 5.82 Å². The van der Waals surface area contributed by atoms with E-state index in [0.717, 1.165) is 38.2 Å². The van der Waals surface area contributed by atoms with Crippen molar-refractivity contribution in [3.63, 3.8) is 0 Å². The Labute approximate surface area is 126 Å². The first-order chi connectivity index (χ1) is 10.3. The van der Waals surface area contributed by atoms with Crippen LogP contribution in [0.4, 0.5) is 4.39 Å². The van der Waals surface area contributed by atoms with Crippen LogP contribution in [0.2, 0.25) is 0 Å². The first kappa shape index (κ1) is 14.9. The lowest BCUT2D eigenvalue weighted by molar-refractivity contribution is -0.0391. The summed E-state index contributed by atoms with van der Waals surface area (Å²) in [5, 5.41) is 3.42. The van der Waals surface area contributed by atoms with E-state index in [4.69, 9.17) is 4.74 Å². The molecule has 2 saturated heterocycles. The highest BCUT2D eigenvalue weighted by atomic mass is 19.1. The van der Waals surface area contributed by atoms with Gasteiger partial charge >= 0.3 is 0 Å². The van der Waals surface area contributed by atoms with Crippen LogP contribution in [0.25, 0.3) is 0 Å². The maximum atomic E-state index is 14.0. The molecule has 3 rings (SSSR count). The summed E-state index contributed by atoms with van der Waals surface area (Å²) in [6.45, 7) is 6.00. The number of hydrogen-bond acceptors (Lipinski definition) is 3. The Morgan fingerprint density at radius 1 is 1.29 bits per heavy atom. The molecule has 0 amide bonds. The van der Waals surface area contributed by atoms with Gasteiger partial charge in [-0.2, -0.15) is 0 Å². The fraction of sp³-hybridized carbons (Fsp3) is 0.647. The van der Waals surface area contributed by atoms with Crippen LogP contribution < -0.4 is 5.32 Å². The van der Waals surface area contributed by atoms with Crippen molar-refractivity contribution in [3.8, 4) is 0 Å². The Kier molecular flexibility index (Phi) is 4.88. The highest BCUT2D eigenvalue weighted by Crippen LogP contribution is 2.27. The van der Waals surface area contributed by atoms with E-state index in [2.05, 4.69) is 17.1 Å². The Balaban J connectivity index is 1.59.